The molecule has 2 heterocycles. The number of carbonyl (C=O) groups is 1. The molecule has 0 atom stereocenters. The minimum Gasteiger partial charge on any atom is -0.326 e. The molecular weight excluding hydrogens is 401 g/mol. The second-order valence-electron chi connectivity index (χ2n) is 5.48. The predicted octanol–water partition coefficient (Wildman–Crippen LogP) is 4.76. The zero-order valence-corrected chi connectivity index (χ0v) is 15.0. The first-order valence-electron chi connectivity index (χ1n) is 7.46. The highest BCUT2D eigenvalue weighted by molar-refractivity contribution is 8.03. The highest BCUT2D eigenvalue weighted by Crippen LogP contribution is 2.32. The van der Waals surface area contributed by atoms with Crippen molar-refractivity contribution in [2.24, 2.45) is 0 Å². The Labute approximate surface area is 160 Å². The minimum atomic E-state index is -4.53. The van der Waals surface area contributed by atoms with Gasteiger partial charge in [-0.25, -0.2) is 4.98 Å². The number of benzene rings is 1. The van der Waals surface area contributed by atoms with Crippen molar-refractivity contribution in [1.82, 2.24) is 9.38 Å². The number of anilines is 1. The molecule has 10 heteroatoms. The molecule has 0 saturated carbocycles. The van der Waals surface area contributed by atoms with Crippen LogP contribution in [0.25, 0.3) is 5.65 Å². The predicted molar refractivity (Wildman–Crippen MR) is 95.4 cm³/mol. The molecule has 1 aromatic carbocycles. The Morgan fingerprint density at radius 3 is 2.63 bits per heavy atom. The molecule has 1 amide bonds. The van der Waals surface area contributed by atoms with Crippen LogP contribution in [0.1, 0.15) is 11.3 Å². The van der Waals surface area contributed by atoms with Crippen LogP contribution in [-0.4, -0.2) is 15.3 Å². The van der Waals surface area contributed by atoms with Crippen molar-refractivity contribution in [1.29, 1.82) is 5.26 Å². The van der Waals surface area contributed by atoms with Crippen LogP contribution < -0.4 is 5.32 Å². The summed E-state index contributed by atoms with van der Waals surface area (Å²) in [6.07, 6.45) is -2.45. The molecule has 3 rings (SSSR count). The first kappa shape index (κ1) is 19.1. The monoisotopic (exact) mass is 410 g/mol. The van der Waals surface area contributed by atoms with Crippen molar-refractivity contribution in [3.05, 3.63) is 59.0 Å². The number of imidazole rings is 1. The van der Waals surface area contributed by atoms with Crippen LogP contribution >= 0.6 is 23.4 Å². The molecule has 0 radical (unpaired) electrons. The summed E-state index contributed by atoms with van der Waals surface area (Å²) in [6, 6.07) is 7.47. The number of thiocyanates is 1. The maximum Gasteiger partial charge on any atom is 0.417 e. The molecule has 5 nitrogen and oxygen atoms in total. The van der Waals surface area contributed by atoms with Gasteiger partial charge in [-0.3, -0.25) is 4.79 Å². The van der Waals surface area contributed by atoms with Crippen molar-refractivity contribution in [3.63, 3.8) is 0 Å². The molecule has 3 aromatic rings. The standard InChI is InChI=1S/C17H10ClF3N4OS/c18-14-5-10(17(19,20)21)7-25-8-12(24-16(14)25)6-15(26)23-11-1-3-13(4-2-11)27-9-22/h1-5,7-8H,6H2,(H,23,26). The lowest BCUT2D eigenvalue weighted by molar-refractivity contribution is -0.137. The van der Waals surface area contributed by atoms with E-state index in [1.165, 1.54) is 6.20 Å². The van der Waals surface area contributed by atoms with E-state index in [9.17, 15) is 18.0 Å². The second-order valence-corrected chi connectivity index (χ2v) is 6.75. The third kappa shape index (κ3) is 4.53. The number of hydrogen-bond donors (Lipinski definition) is 1. The summed E-state index contributed by atoms with van der Waals surface area (Å²) in [4.78, 5) is 17.0. The summed E-state index contributed by atoms with van der Waals surface area (Å²) >= 11 is 6.88. The zero-order valence-electron chi connectivity index (χ0n) is 13.4. The van der Waals surface area contributed by atoms with Crippen LogP contribution in [0.15, 0.2) is 47.6 Å². The third-order valence-electron chi connectivity index (χ3n) is 3.53. The van der Waals surface area contributed by atoms with Crippen molar-refractivity contribution in [2.45, 2.75) is 17.5 Å². The van der Waals surface area contributed by atoms with Crippen molar-refractivity contribution in [3.8, 4) is 5.40 Å². The molecule has 0 bridgehead atoms. The summed E-state index contributed by atoms with van der Waals surface area (Å²) in [5.74, 6) is -0.383. The number of hydrogen-bond acceptors (Lipinski definition) is 4. The topological polar surface area (TPSA) is 70.2 Å². The van der Waals surface area contributed by atoms with Gasteiger partial charge in [-0.1, -0.05) is 11.6 Å². The van der Waals surface area contributed by atoms with E-state index < -0.39 is 11.7 Å². The van der Waals surface area contributed by atoms with Gasteiger partial charge in [0.2, 0.25) is 5.91 Å². The zero-order chi connectivity index (χ0) is 19.6. The lowest BCUT2D eigenvalue weighted by Crippen LogP contribution is -2.14. The number of nitriles is 1. The van der Waals surface area contributed by atoms with Gasteiger partial charge in [0.15, 0.2) is 5.65 Å². The fourth-order valence-electron chi connectivity index (χ4n) is 2.38. The molecule has 1 N–H and O–H groups in total. The maximum absolute atomic E-state index is 12.9. The van der Waals surface area contributed by atoms with Gasteiger partial charge >= 0.3 is 6.18 Å². The van der Waals surface area contributed by atoms with Gasteiger partial charge in [0.25, 0.3) is 0 Å². The van der Waals surface area contributed by atoms with E-state index in [0.717, 1.165) is 33.3 Å². The van der Waals surface area contributed by atoms with Crippen LogP contribution in [0, 0.1) is 10.7 Å². The number of pyridine rings is 1. The van der Waals surface area contributed by atoms with Crippen LogP contribution in [0.5, 0.6) is 0 Å². The Morgan fingerprint density at radius 2 is 2.00 bits per heavy atom. The smallest absolute Gasteiger partial charge is 0.326 e. The highest BCUT2D eigenvalue weighted by Gasteiger charge is 2.31. The number of nitrogens with zero attached hydrogens (tertiary/aromatic N) is 3. The number of alkyl halides is 3. The molecule has 0 saturated heterocycles. The second kappa shape index (κ2) is 7.50. The highest BCUT2D eigenvalue weighted by atomic mass is 35.5. The summed E-state index contributed by atoms with van der Waals surface area (Å²) in [5, 5.41) is 13.1. The van der Waals surface area contributed by atoms with Crippen LogP contribution in [-0.2, 0) is 17.4 Å². The fourth-order valence-corrected chi connectivity index (χ4v) is 3.01. The first-order valence-corrected chi connectivity index (χ1v) is 8.66. The SMILES string of the molecule is N#CSc1ccc(NC(=O)Cc2cn3cc(C(F)(F)F)cc(Cl)c3n2)cc1. The van der Waals surface area contributed by atoms with Gasteiger partial charge in [0.05, 0.1) is 22.7 Å². The molecule has 0 fully saturated rings. The van der Waals surface area contributed by atoms with E-state index in [1.54, 1.807) is 24.3 Å². The normalized spacial score (nSPS) is 11.4. The largest absolute Gasteiger partial charge is 0.417 e. The van der Waals surface area contributed by atoms with E-state index in [4.69, 9.17) is 16.9 Å². The van der Waals surface area contributed by atoms with Gasteiger partial charge in [-0.05, 0) is 42.1 Å². The molecule has 0 aliphatic carbocycles. The number of nitrogens with one attached hydrogen (secondary N) is 1. The molecule has 0 aliphatic heterocycles. The molecular formula is C17H10ClF3N4OS. The molecule has 0 spiro atoms. The molecule has 0 aliphatic rings. The Bertz CT molecular complexity index is 1040. The summed E-state index contributed by atoms with van der Waals surface area (Å²) < 4.78 is 39.7. The average Bonchev–Trinajstić information content (AvgIpc) is 2.99. The number of aromatic nitrogens is 2. The van der Waals surface area contributed by atoms with E-state index in [1.807, 2.05) is 5.40 Å². The number of thioether (sulfide) groups is 1. The fraction of sp³-hybridized carbons (Fsp3) is 0.118. The average molecular weight is 411 g/mol. The Balaban J connectivity index is 1.75. The van der Waals surface area contributed by atoms with E-state index >= 15 is 0 Å². The van der Waals surface area contributed by atoms with Crippen molar-refractivity contribution < 1.29 is 18.0 Å². The van der Waals surface area contributed by atoms with Crippen LogP contribution in [0.3, 0.4) is 0 Å². The Kier molecular flexibility index (Phi) is 5.30. The minimum absolute atomic E-state index is 0.131. The third-order valence-corrected chi connectivity index (χ3v) is 4.40. The van der Waals surface area contributed by atoms with Crippen LogP contribution in [0.4, 0.5) is 18.9 Å². The lowest BCUT2D eigenvalue weighted by atomic mass is 10.3. The first-order chi connectivity index (χ1) is 12.8. The quantitative estimate of drug-likeness (QED) is 0.497. The van der Waals surface area contributed by atoms with Gasteiger partial charge < -0.3 is 9.72 Å². The van der Waals surface area contributed by atoms with Crippen LogP contribution in [0.2, 0.25) is 5.02 Å². The van der Waals surface area contributed by atoms with Crippen molar-refractivity contribution >= 4 is 40.6 Å². The van der Waals surface area contributed by atoms with E-state index in [2.05, 4.69) is 10.3 Å². The number of rotatable bonds is 4. The Morgan fingerprint density at radius 1 is 1.30 bits per heavy atom. The molecule has 27 heavy (non-hydrogen) atoms. The molecule has 138 valence electrons. The van der Waals surface area contributed by atoms with Gasteiger partial charge in [-0.15, -0.1) is 0 Å². The summed E-state index contributed by atoms with van der Waals surface area (Å²) in [7, 11) is 0. The van der Waals surface area contributed by atoms with E-state index in [0.29, 0.717) is 5.69 Å². The molecule has 2 aromatic heterocycles. The number of fused-ring (bicyclic) bond motifs is 1. The van der Waals surface area contributed by atoms with Gasteiger partial charge in [0, 0.05) is 23.0 Å². The summed E-state index contributed by atoms with van der Waals surface area (Å²) in [6.45, 7) is 0. The maximum atomic E-state index is 12.9. The number of halogens is 4. The van der Waals surface area contributed by atoms with Crippen molar-refractivity contribution in [2.75, 3.05) is 5.32 Å². The number of carbonyl (C=O) groups excluding carboxylic acids is 1. The van der Waals surface area contributed by atoms with E-state index in [-0.39, 0.29) is 28.7 Å². The van der Waals surface area contributed by atoms with Gasteiger partial charge in [-0.2, -0.15) is 18.4 Å². The van der Waals surface area contributed by atoms with Gasteiger partial charge in [0.1, 0.15) is 5.40 Å². The number of amides is 1. The molecule has 0 unspecified atom stereocenters. The lowest BCUT2D eigenvalue weighted by Gasteiger charge is -2.07. The Hall–Kier alpha value is -2.70. The summed E-state index contributed by atoms with van der Waals surface area (Å²) in [5.41, 5.74) is 0.0582.